The van der Waals surface area contributed by atoms with E-state index in [1.807, 2.05) is 38.1 Å². The van der Waals surface area contributed by atoms with Crippen molar-refractivity contribution in [3.05, 3.63) is 52.6 Å². The molecular weight excluding hydrogens is 234 g/mol. The topological polar surface area (TPSA) is 50.7 Å². The number of anilines is 1. The van der Waals surface area contributed by atoms with Crippen molar-refractivity contribution in [1.29, 1.82) is 0 Å². The first-order valence-electron chi connectivity index (χ1n) is 6.34. The fourth-order valence-electron chi connectivity index (χ4n) is 1.89. The highest BCUT2D eigenvalue weighted by molar-refractivity contribution is 5.60. The average Bonchev–Trinajstić information content (AvgIpc) is 2.40. The Kier molecular flexibility index (Phi) is 3.65. The molecule has 3 nitrogen and oxygen atoms in total. The Morgan fingerprint density at radius 2 is 1.37 bits per heavy atom. The second-order valence-electron chi connectivity index (χ2n) is 4.84. The average molecular weight is 253 g/mol. The molecule has 0 aliphatic rings. The van der Waals surface area contributed by atoms with Crippen LogP contribution in [0.15, 0.2) is 40.6 Å². The summed E-state index contributed by atoms with van der Waals surface area (Å²) >= 11 is 0. The van der Waals surface area contributed by atoms with E-state index in [0.29, 0.717) is 0 Å². The Hall–Kier alpha value is -2.16. The second-order valence-corrected chi connectivity index (χ2v) is 4.84. The maximum atomic E-state index is 5.87. The van der Waals surface area contributed by atoms with Crippen LogP contribution in [0.25, 0.3) is 0 Å². The summed E-state index contributed by atoms with van der Waals surface area (Å²) in [7, 11) is 0. The van der Waals surface area contributed by atoms with E-state index in [0.717, 1.165) is 33.8 Å². The molecule has 0 amide bonds. The van der Waals surface area contributed by atoms with Crippen LogP contribution in [-0.2, 0) is 0 Å². The van der Waals surface area contributed by atoms with Gasteiger partial charge in [-0.2, -0.15) is 10.2 Å². The van der Waals surface area contributed by atoms with Gasteiger partial charge in [0.05, 0.1) is 11.4 Å². The van der Waals surface area contributed by atoms with E-state index in [1.54, 1.807) is 0 Å². The fraction of sp³-hybridized carbons (Fsp3) is 0.250. The fourth-order valence-corrected chi connectivity index (χ4v) is 1.89. The second kappa shape index (κ2) is 5.22. The minimum atomic E-state index is 0.795. The smallest absolute Gasteiger partial charge is 0.0890 e. The predicted molar refractivity (Wildman–Crippen MR) is 80.4 cm³/mol. The molecule has 0 saturated heterocycles. The van der Waals surface area contributed by atoms with Gasteiger partial charge in [0.1, 0.15) is 0 Å². The highest BCUT2D eigenvalue weighted by Gasteiger charge is 2.04. The van der Waals surface area contributed by atoms with Gasteiger partial charge in [-0.3, -0.25) is 0 Å². The van der Waals surface area contributed by atoms with Crippen LogP contribution < -0.4 is 5.73 Å². The van der Waals surface area contributed by atoms with Crippen LogP contribution in [0.1, 0.15) is 22.3 Å². The van der Waals surface area contributed by atoms with Crippen molar-refractivity contribution in [2.45, 2.75) is 27.7 Å². The predicted octanol–water partition coefficient (Wildman–Crippen LogP) is 4.92. The van der Waals surface area contributed by atoms with E-state index in [1.165, 1.54) is 5.56 Å². The maximum absolute atomic E-state index is 5.87. The third-order valence-corrected chi connectivity index (χ3v) is 3.64. The molecule has 0 aromatic heterocycles. The zero-order chi connectivity index (χ0) is 14.0. The Morgan fingerprint density at radius 3 is 2.05 bits per heavy atom. The number of azo groups is 1. The molecule has 0 bridgehead atoms. The summed E-state index contributed by atoms with van der Waals surface area (Å²) in [5.41, 5.74) is 13.0. The Balaban J connectivity index is 2.38. The van der Waals surface area contributed by atoms with Gasteiger partial charge in [0.2, 0.25) is 0 Å². The molecule has 0 spiro atoms. The first kappa shape index (κ1) is 13.3. The van der Waals surface area contributed by atoms with Gasteiger partial charge in [0.15, 0.2) is 0 Å². The van der Waals surface area contributed by atoms with E-state index < -0.39 is 0 Å². The summed E-state index contributed by atoms with van der Waals surface area (Å²) in [6, 6.07) is 9.84. The van der Waals surface area contributed by atoms with Crippen LogP contribution in [0.3, 0.4) is 0 Å². The lowest BCUT2D eigenvalue weighted by atomic mass is 10.1. The number of benzene rings is 2. The summed E-state index contributed by atoms with van der Waals surface area (Å²) < 4.78 is 0. The van der Waals surface area contributed by atoms with Gasteiger partial charge in [0.25, 0.3) is 0 Å². The van der Waals surface area contributed by atoms with E-state index in [-0.39, 0.29) is 0 Å². The summed E-state index contributed by atoms with van der Waals surface area (Å²) in [5.74, 6) is 0. The van der Waals surface area contributed by atoms with Crippen molar-refractivity contribution in [2.24, 2.45) is 10.2 Å². The summed E-state index contributed by atoms with van der Waals surface area (Å²) in [6.07, 6.45) is 0. The van der Waals surface area contributed by atoms with Crippen LogP contribution in [0.2, 0.25) is 0 Å². The highest BCUT2D eigenvalue weighted by atomic mass is 15.1. The number of nitrogen functional groups attached to an aromatic ring is 1. The third-order valence-electron chi connectivity index (χ3n) is 3.64. The van der Waals surface area contributed by atoms with Crippen molar-refractivity contribution < 1.29 is 0 Å². The van der Waals surface area contributed by atoms with Crippen molar-refractivity contribution >= 4 is 17.1 Å². The Bertz CT molecular complexity index is 643. The monoisotopic (exact) mass is 253 g/mol. The van der Waals surface area contributed by atoms with Crippen molar-refractivity contribution in [3.8, 4) is 0 Å². The molecule has 0 radical (unpaired) electrons. The molecular formula is C16H19N3. The highest BCUT2D eigenvalue weighted by Crippen LogP contribution is 2.29. The van der Waals surface area contributed by atoms with Crippen LogP contribution in [0.5, 0.6) is 0 Å². The van der Waals surface area contributed by atoms with Crippen LogP contribution in [-0.4, -0.2) is 0 Å². The number of hydrogen-bond acceptors (Lipinski definition) is 3. The lowest BCUT2D eigenvalue weighted by molar-refractivity contribution is 1.17. The van der Waals surface area contributed by atoms with E-state index in [4.69, 9.17) is 5.73 Å². The largest absolute Gasteiger partial charge is 0.399 e. The van der Waals surface area contributed by atoms with Gasteiger partial charge in [-0.25, -0.2) is 0 Å². The molecule has 0 heterocycles. The molecule has 19 heavy (non-hydrogen) atoms. The molecule has 98 valence electrons. The molecule has 0 fully saturated rings. The normalized spacial score (nSPS) is 11.2. The van der Waals surface area contributed by atoms with E-state index in [9.17, 15) is 0 Å². The standard InChI is InChI=1S/C16H19N3/c1-10-6-5-7-15(11(10)2)18-19-16-9-8-14(17)12(3)13(16)4/h5-9H,17H2,1-4H3. The molecule has 0 aliphatic heterocycles. The first-order chi connectivity index (χ1) is 9.00. The number of nitrogens with zero attached hydrogens (tertiary/aromatic N) is 2. The molecule has 0 atom stereocenters. The first-order valence-corrected chi connectivity index (χ1v) is 6.34. The number of aryl methyl sites for hydroxylation is 1. The molecule has 2 rings (SSSR count). The summed E-state index contributed by atoms with van der Waals surface area (Å²) in [5, 5.41) is 8.70. The number of hydrogen-bond donors (Lipinski definition) is 1. The SMILES string of the molecule is Cc1cccc(N=Nc2ccc(N)c(C)c2C)c1C. The molecule has 2 aromatic carbocycles. The zero-order valence-corrected chi connectivity index (χ0v) is 11.9. The third kappa shape index (κ3) is 2.65. The molecule has 0 saturated carbocycles. The van der Waals surface area contributed by atoms with Gasteiger partial charge in [-0.15, -0.1) is 0 Å². The summed E-state index contributed by atoms with van der Waals surface area (Å²) in [6.45, 7) is 8.16. The van der Waals surface area contributed by atoms with Gasteiger partial charge in [-0.1, -0.05) is 12.1 Å². The minimum absolute atomic E-state index is 0.795. The lowest BCUT2D eigenvalue weighted by Gasteiger charge is -2.07. The number of rotatable bonds is 2. The Labute approximate surface area is 114 Å². The van der Waals surface area contributed by atoms with Crippen LogP contribution in [0.4, 0.5) is 17.1 Å². The van der Waals surface area contributed by atoms with E-state index in [2.05, 4.69) is 30.1 Å². The Morgan fingerprint density at radius 1 is 0.737 bits per heavy atom. The molecule has 2 N–H and O–H groups in total. The van der Waals surface area contributed by atoms with Crippen molar-refractivity contribution in [1.82, 2.24) is 0 Å². The van der Waals surface area contributed by atoms with Gasteiger partial charge in [-0.05, 0) is 68.1 Å². The van der Waals surface area contributed by atoms with E-state index >= 15 is 0 Å². The molecule has 0 unspecified atom stereocenters. The molecule has 0 aliphatic carbocycles. The van der Waals surface area contributed by atoms with Gasteiger partial charge < -0.3 is 5.73 Å². The van der Waals surface area contributed by atoms with Gasteiger partial charge >= 0.3 is 0 Å². The van der Waals surface area contributed by atoms with Crippen molar-refractivity contribution in [3.63, 3.8) is 0 Å². The van der Waals surface area contributed by atoms with Crippen LogP contribution in [0, 0.1) is 27.7 Å². The number of nitrogens with two attached hydrogens (primary N) is 1. The summed E-state index contributed by atoms with van der Waals surface area (Å²) in [4.78, 5) is 0. The lowest BCUT2D eigenvalue weighted by Crippen LogP contribution is -1.91. The molecule has 3 heteroatoms. The molecule has 2 aromatic rings. The maximum Gasteiger partial charge on any atom is 0.0890 e. The van der Waals surface area contributed by atoms with Crippen LogP contribution >= 0.6 is 0 Å². The van der Waals surface area contributed by atoms with Gasteiger partial charge in [0, 0.05) is 5.69 Å². The zero-order valence-electron chi connectivity index (χ0n) is 11.9. The minimum Gasteiger partial charge on any atom is -0.399 e. The van der Waals surface area contributed by atoms with Crippen molar-refractivity contribution in [2.75, 3.05) is 5.73 Å². The quantitative estimate of drug-likeness (QED) is 0.599.